The molecule has 0 spiro atoms. The number of hydrogen-bond donors (Lipinski definition) is 2. The van der Waals surface area contributed by atoms with Crippen LogP contribution in [0.3, 0.4) is 0 Å². The van der Waals surface area contributed by atoms with Crippen molar-refractivity contribution in [2.75, 3.05) is 32.6 Å². The molecule has 1 rings (SSSR count). The van der Waals surface area contributed by atoms with Crippen LogP contribution >= 0.6 is 15.9 Å². The molecule has 0 bridgehead atoms. The number of amides is 2. The minimum atomic E-state index is -0.296. The zero-order valence-corrected chi connectivity index (χ0v) is 11.3. The first kappa shape index (κ1) is 13.8. The molecule has 0 aromatic heterocycles. The standard InChI is InChI=1S/C11H15BrN2O3/c1-14(5-6-15)11(16)13-9-7-8(12)3-4-10(9)17-2/h3-4,7,15H,5-6H2,1-2H3,(H,13,16). The van der Waals surface area contributed by atoms with Crippen molar-refractivity contribution >= 4 is 27.6 Å². The Bertz CT molecular complexity index is 398. The van der Waals surface area contributed by atoms with Crippen LogP contribution in [0, 0.1) is 0 Å². The van der Waals surface area contributed by atoms with E-state index in [2.05, 4.69) is 21.2 Å². The third-order valence-corrected chi connectivity index (χ3v) is 2.68. The molecule has 0 atom stereocenters. The van der Waals surface area contributed by atoms with Crippen LogP contribution < -0.4 is 10.1 Å². The third kappa shape index (κ3) is 3.90. The van der Waals surface area contributed by atoms with Crippen molar-refractivity contribution in [3.8, 4) is 5.75 Å². The number of rotatable bonds is 4. The Balaban J connectivity index is 2.79. The number of methoxy groups -OCH3 is 1. The summed E-state index contributed by atoms with van der Waals surface area (Å²) >= 11 is 3.32. The molecule has 0 saturated carbocycles. The van der Waals surface area contributed by atoms with Gasteiger partial charge in [-0.1, -0.05) is 15.9 Å². The van der Waals surface area contributed by atoms with E-state index in [1.54, 1.807) is 19.2 Å². The van der Waals surface area contributed by atoms with Crippen LogP contribution in [0.25, 0.3) is 0 Å². The van der Waals surface area contributed by atoms with Gasteiger partial charge in [0, 0.05) is 18.1 Å². The Morgan fingerprint density at radius 2 is 2.29 bits per heavy atom. The Labute approximate surface area is 109 Å². The highest BCUT2D eigenvalue weighted by Crippen LogP contribution is 2.27. The zero-order chi connectivity index (χ0) is 12.8. The van der Waals surface area contributed by atoms with E-state index in [9.17, 15) is 4.79 Å². The fourth-order valence-corrected chi connectivity index (χ4v) is 1.60. The third-order valence-electron chi connectivity index (χ3n) is 2.19. The summed E-state index contributed by atoms with van der Waals surface area (Å²) < 4.78 is 5.98. The van der Waals surface area contributed by atoms with E-state index in [4.69, 9.17) is 9.84 Å². The minimum absolute atomic E-state index is 0.0699. The fourth-order valence-electron chi connectivity index (χ4n) is 1.24. The Kier molecular flexibility index (Phi) is 5.24. The second-order valence-corrected chi connectivity index (χ2v) is 4.34. The van der Waals surface area contributed by atoms with E-state index < -0.39 is 0 Å². The highest BCUT2D eigenvalue weighted by atomic mass is 79.9. The Hall–Kier alpha value is -1.27. The van der Waals surface area contributed by atoms with E-state index in [-0.39, 0.29) is 19.2 Å². The largest absolute Gasteiger partial charge is 0.495 e. The summed E-state index contributed by atoms with van der Waals surface area (Å²) in [5, 5.41) is 11.5. The van der Waals surface area contributed by atoms with Crippen molar-refractivity contribution in [3.05, 3.63) is 22.7 Å². The van der Waals surface area contributed by atoms with Crippen LogP contribution in [-0.2, 0) is 0 Å². The second kappa shape index (κ2) is 6.46. The van der Waals surface area contributed by atoms with E-state index in [1.807, 2.05) is 6.07 Å². The van der Waals surface area contributed by atoms with E-state index >= 15 is 0 Å². The lowest BCUT2D eigenvalue weighted by Crippen LogP contribution is -2.33. The number of ether oxygens (including phenoxy) is 1. The number of anilines is 1. The average Bonchev–Trinajstić information content (AvgIpc) is 2.29. The summed E-state index contributed by atoms with van der Waals surface area (Å²) in [5.41, 5.74) is 0.580. The lowest BCUT2D eigenvalue weighted by molar-refractivity contribution is 0.202. The molecule has 0 aliphatic heterocycles. The number of nitrogens with zero attached hydrogens (tertiary/aromatic N) is 1. The van der Waals surface area contributed by atoms with Crippen LogP contribution in [0.4, 0.5) is 10.5 Å². The molecule has 0 radical (unpaired) electrons. The van der Waals surface area contributed by atoms with Crippen molar-refractivity contribution < 1.29 is 14.6 Å². The summed E-state index contributed by atoms with van der Waals surface area (Å²) in [6, 6.07) is 5.04. The number of likely N-dealkylation sites (N-methyl/N-ethyl adjacent to an activating group) is 1. The SMILES string of the molecule is COc1ccc(Br)cc1NC(=O)N(C)CCO. The van der Waals surface area contributed by atoms with Gasteiger partial charge in [-0.3, -0.25) is 0 Å². The maximum absolute atomic E-state index is 11.7. The molecular weight excluding hydrogens is 288 g/mol. The molecule has 6 heteroatoms. The van der Waals surface area contributed by atoms with Crippen molar-refractivity contribution in [2.24, 2.45) is 0 Å². The van der Waals surface area contributed by atoms with Gasteiger partial charge in [0.1, 0.15) is 5.75 Å². The first-order valence-electron chi connectivity index (χ1n) is 5.05. The molecule has 1 aromatic carbocycles. The molecule has 0 aliphatic rings. The van der Waals surface area contributed by atoms with E-state index in [0.29, 0.717) is 11.4 Å². The number of benzene rings is 1. The van der Waals surface area contributed by atoms with Gasteiger partial charge in [-0.2, -0.15) is 0 Å². The van der Waals surface area contributed by atoms with Gasteiger partial charge in [0.15, 0.2) is 0 Å². The topological polar surface area (TPSA) is 61.8 Å². The molecule has 0 aliphatic carbocycles. The average molecular weight is 303 g/mol. The Morgan fingerprint density at radius 1 is 1.59 bits per heavy atom. The van der Waals surface area contributed by atoms with Gasteiger partial charge in [-0.15, -0.1) is 0 Å². The number of urea groups is 1. The van der Waals surface area contributed by atoms with Gasteiger partial charge >= 0.3 is 6.03 Å². The van der Waals surface area contributed by atoms with Crippen molar-refractivity contribution in [1.29, 1.82) is 0 Å². The minimum Gasteiger partial charge on any atom is -0.495 e. The quantitative estimate of drug-likeness (QED) is 0.893. The molecular formula is C11H15BrN2O3. The summed E-state index contributed by atoms with van der Waals surface area (Å²) in [4.78, 5) is 13.1. The predicted octanol–water partition coefficient (Wildman–Crippen LogP) is 1.91. The number of carbonyl (C=O) groups is 1. The maximum atomic E-state index is 11.7. The van der Waals surface area contributed by atoms with Crippen LogP contribution in [0.15, 0.2) is 22.7 Å². The molecule has 2 N–H and O–H groups in total. The van der Waals surface area contributed by atoms with Gasteiger partial charge in [0.25, 0.3) is 0 Å². The molecule has 0 unspecified atom stereocenters. The molecule has 17 heavy (non-hydrogen) atoms. The van der Waals surface area contributed by atoms with Gasteiger partial charge in [-0.25, -0.2) is 4.79 Å². The van der Waals surface area contributed by atoms with Crippen LogP contribution in [0.5, 0.6) is 5.75 Å². The van der Waals surface area contributed by atoms with Crippen molar-refractivity contribution in [3.63, 3.8) is 0 Å². The van der Waals surface area contributed by atoms with Gasteiger partial charge in [0.05, 0.1) is 19.4 Å². The molecule has 0 saturated heterocycles. The zero-order valence-electron chi connectivity index (χ0n) is 9.74. The van der Waals surface area contributed by atoms with Gasteiger partial charge in [-0.05, 0) is 18.2 Å². The van der Waals surface area contributed by atoms with Gasteiger partial charge < -0.3 is 20.1 Å². The molecule has 94 valence electrons. The summed E-state index contributed by atoms with van der Waals surface area (Å²) in [6.07, 6.45) is 0. The number of carbonyl (C=O) groups excluding carboxylic acids is 1. The number of aliphatic hydroxyl groups is 1. The summed E-state index contributed by atoms with van der Waals surface area (Å²) in [7, 11) is 3.15. The van der Waals surface area contributed by atoms with E-state index in [0.717, 1.165) is 4.47 Å². The van der Waals surface area contributed by atoms with Gasteiger partial charge in [0.2, 0.25) is 0 Å². The number of aliphatic hydroxyl groups excluding tert-OH is 1. The van der Waals surface area contributed by atoms with Crippen LogP contribution in [0.2, 0.25) is 0 Å². The number of halogens is 1. The second-order valence-electron chi connectivity index (χ2n) is 3.42. The molecule has 0 fully saturated rings. The highest BCUT2D eigenvalue weighted by Gasteiger charge is 2.11. The predicted molar refractivity (Wildman–Crippen MR) is 69.4 cm³/mol. The Morgan fingerprint density at radius 3 is 2.88 bits per heavy atom. The van der Waals surface area contributed by atoms with Crippen LogP contribution in [-0.4, -0.2) is 43.3 Å². The molecule has 0 heterocycles. The lowest BCUT2D eigenvalue weighted by atomic mass is 10.3. The molecule has 1 aromatic rings. The molecule has 2 amide bonds. The first-order valence-corrected chi connectivity index (χ1v) is 5.84. The van der Waals surface area contributed by atoms with Crippen molar-refractivity contribution in [1.82, 2.24) is 4.90 Å². The van der Waals surface area contributed by atoms with Crippen molar-refractivity contribution in [2.45, 2.75) is 0 Å². The monoisotopic (exact) mass is 302 g/mol. The summed E-state index contributed by atoms with van der Waals surface area (Å²) in [6.45, 7) is 0.210. The first-order chi connectivity index (χ1) is 8.08. The maximum Gasteiger partial charge on any atom is 0.321 e. The number of hydrogen-bond acceptors (Lipinski definition) is 3. The fraction of sp³-hybridized carbons (Fsp3) is 0.364. The highest BCUT2D eigenvalue weighted by molar-refractivity contribution is 9.10. The normalized spacial score (nSPS) is 9.88. The number of nitrogens with one attached hydrogen (secondary N) is 1. The van der Waals surface area contributed by atoms with E-state index in [1.165, 1.54) is 12.0 Å². The smallest absolute Gasteiger partial charge is 0.321 e. The summed E-state index contributed by atoms with van der Waals surface area (Å²) in [5.74, 6) is 0.582. The molecule has 5 nitrogen and oxygen atoms in total. The lowest BCUT2D eigenvalue weighted by Gasteiger charge is -2.18. The van der Waals surface area contributed by atoms with Crippen LogP contribution in [0.1, 0.15) is 0 Å².